The van der Waals surface area contributed by atoms with Gasteiger partial charge < -0.3 is 4.55 Å². The van der Waals surface area contributed by atoms with Crippen molar-refractivity contribution in [3.63, 3.8) is 0 Å². The van der Waals surface area contributed by atoms with Crippen LogP contribution in [0.3, 0.4) is 0 Å². The Kier molecular flexibility index (Phi) is 2.40. The van der Waals surface area contributed by atoms with Crippen molar-refractivity contribution in [3.05, 3.63) is 23.8 Å². The third-order valence-corrected chi connectivity index (χ3v) is 2.49. The van der Waals surface area contributed by atoms with Crippen LogP contribution < -0.4 is 0 Å². The molecule has 2 atom stereocenters. The zero-order valence-corrected chi connectivity index (χ0v) is 6.56. The van der Waals surface area contributed by atoms with E-state index in [4.69, 9.17) is 0 Å². The largest absolute Gasteiger partial charge is 0.772 e. The highest BCUT2D eigenvalue weighted by atomic mass is 32.2. The van der Waals surface area contributed by atoms with Crippen molar-refractivity contribution in [2.45, 2.75) is 18.6 Å². The SMILES string of the molecule is CC(C1=CC=CC1)S(=O)[O-]. The van der Waals surface area contributed by atoms with Gasteiger partial charge in [0, 0.05) is 5.25 Å². The van der Waals surface area contributed by atoms with Gasteiger partial charge in [-0.2, -0.15) is 0 Å². The Balaban J connectivity index is 2.59. The van der Waals surface area contributed by atoms with E-state index in [-0.39, 0.29) is 5.25 Å². The molecule has 0 radical (unpaired) electrons. The molecular weight excluding hydrogens is 148 g/mol. The lowest BCUT2D eigenvalue weighted by Crippen LogP contribution is -2.11. The van der Waals surface area contributed by atoms with Gasteiger partial charge in [0.25, 0.3) is 0 Å². The van der Waals surface area contributed by atoms with Crippen molar-refractivity contribution < 1.29 is 8.76 Å². The predicted octanol–water partition coefficient (Wildman–Crippen LogP) is 1.14. The van der Waals surface area contributed by atoms with Crippen LogP contribution in [0.4, 0.5) is 0 Å². The lowest BCUT2D eigenvalue weighted by molar-refractivity contribution is 0.530. The molecule has 0 saturated heterocycles. The van der Waals surface area contributed by atoms with Crippen molar-refractivity contribution in [2.75, 3.05) is 0 Å². The first-order valence-electron chi connectivity index (χ1n) is 3.15. The Bertz CT molecular complexity index is 206. The zero-order chi connectivity index (χ0) is 7.56. The molecule has 1 aliphatic rings. The molecular formula is C7H9O2S-. The molecule has 0 aromatic rings. The minimum Gasteiger partial charge on any atom is -0.772 e. The number of allylic oxidation sites excluding steroid dienone is 3. The lowest BCUT2D eigenvalue weighted by Gasteiger charge is -2.15. The molecule has 0 N–H and O–H groups in total. The van der Waals surface area contributed by atoms with E-state index < -0.39 is 11.1 Å². The quantitative estimate of drug-likeness (QED) is 0.564. The lowest BCUT2D eigenvalue weighted by atomic mass is 10.2. The molecule has 0 saturated carbocycles. The molecule has 0 aromatic heterocycles. The molecule has 56 valence electrons. The average molecular weight is 157 g/mol. The summed E-state index contributed by atoms with van der Waals surface area (Å²) >= 11 is -1.96. The van der Waals surface area contributed by atoms with Gasteiger partial charge in [-0.25, -0.2) is 0 Å². The standard InChI is InChI=1S/C7H10O2S/c1-6(10(8)9)7-4-2-3-5-7/h2-4,6H,5H2,1H3,(H,8,9)/p-1. The van der Waals surface area contributed by atoms with E-state index in [9.17, 15) is 8.76 Å². The summed E-state index contributed by atoms with van der Waals surface area (Å²) in [5.74, 6) is 0. The molecule has 0 aromatic carbocycles. The minimum atomic E-state index is -1.96. The second-order valence-corrected chi connectivity index (χ2v) is 3.50. The molecule has 0 spiro atoms. The van der Waals surface area contributed by atoms with Gasteiger partial charge in [-0.05, 0) is 24.4 Å². The molecule has 0 aliphatic heterocycles. The van der Waals surface area contributed by atoms with E-state index in [1.807, 2.05) is 18.2 Å². The van der Waals surface area contributed by atoms with E-state index in [1.54, 1.807) is 6.92 Å². The van der Waals surface area contributed by atoms with E-state index >= 15 is 0 Å². The van der Waals surface area contributed by atoms with Crippen molar-refractivity contribution >= 4 is 11.1 Å². The second kappa shape index (κ2) is 3.12. The number of hydrogen-bond acceptors (Lipinski definition) is 2. The first-order valence-corrected chi connectivity index (χ1v) is 4.29. The van der Waals surface area contributed by atoms with Gasteiger partial charge in [0.15, 0.2) is 0 Å². The monoisotopic (exact) mass is 157 g/mol. The normalized spacial score (nSPS) is 22.4. The highest BCUT2D eigenvalue weighted by molar-refractivity contribution is 7.80. The molecule has 10 heavy (non-hydrogen) atoms. The molecule has 0 heterocycles. The first kappa shape index (κ1) is 7.69. The second-order valence-electron chi connectivity index (χ2n) is 2.28. The zero-order valence-electron chi connectivity index (χ0n) is 5.74. The Labute approximate surface area is 62.9 Å². The maximum Gasteiger partial charge on any atom is 0.0402 e. The van der Waals surface area contributed by atoms with Gasteiger partial charge in [-0.15, -0.1) is 0 Å². The third-order valence-electron chi connectivity index (χ3n) is 1.61. The smallest absolute Gasteiger partial charge is 0.0402 e. The van der Waals surface area contributed by atoms with E-state index in [1.165, 1.54) is 0 Å². The van der Waals surface area contributed by atoms with E-state index in [0.29, 0.717) is 0 Å². The van der Waals surface area contributed by atoms with Crippen LogP contribution in [0.1, 0.15) is 13.3 Å². The van der Waals surface area contributed by atoms with Crippen LogP contribution in [0.25, 0.3) is 0 Å². The predicted molar refractivity (Wildman–Crippen MR) is 40.2 cm³/mol. The average Bonchev–Trinajstić information content (AvgIpc) is 2.36. The summed E-state index contributed by atoms with van der Waals surface area (Å²) in [6.45, 7) is 1.70. The van der Waals surface area contributed by atoms with Gasteiger partial charge in [0.2, 0.25) is 0 Å². The maximum atomic E-state index is 10.4. The Morgan fingerprint density at radius 1 is 1.80 bits per heavy atom. The summed E-state index contributed by atoms with van der Waals surface area (Å²) in [5, 5.41) is -0.324. The fourth-order valence-corrected chi connectivity index (χ4v) is 1.31. The molecule has 0 fully saturated rings. The fourth-order valence-electron chi connectivity index (χ4n) is 0.889. The van der Waals surface area contributed by atoms with Crippen LogP contribution in [-0.2, 0) is 11.1 Å². The number of rotatable bonds is 2. The van der Waals surface area contributed by atoms with Crippen LogP contribution >= 0.6 is 0 Å². The topological polar surface area (TPSA) is 40.1 Å². The van der Waals surface area contributed by atoms with Gasteiger partial charge >= 0.3 is 0 Å². The van der Waals surface area contributed by atoms with Gasteiger partial charge in [0.05, 0.1) is 0 Å². The summed E-state index contributed by atoms with van der Waals surface area (Å²) in [4.78, 5) is 0. The van der Waals surface area contributed by atoms with E-state index in [2.05, 4.69) is 0 Å². The molecule has 3 heteroatoms. The van der Waals surface area contributed by atoms with Gasteiger partial charge in [0.1, 0.15) is 0 Å². The van der Waals surface area contributed by atoms with Crippen molar-refractivity contribution in [1.82, 2.24) is 0 Å². The molecule has 0 bridgehead atoms. The number of hydrogen-bond donors (Lipinski definition) is 0. The Morgan fingerprint density at radius 3 is 2.90 bits per heavy atom. The van der Waals surface area contributed by atoms with Crippen LogP contribution in [0.5, 0.6) is 0 Å². The Morgan fingerprint density at radius 2 is 2.50 bits per heavy atom. The van der Waals surface area contributed by atoms with Crippen LogP contribution in [0, 0.1) is 0 Å². The summed E-state index contributed by atoms with van der Waals surface area (Å²) < 4.78 is 20.8. The summed E-state index contributed by atoms with van der Waals surface area (Å²) in [6.07, 6.45) is 6.49. The first-order chi connectivity index (χ1) is 4.72. The molecule has 0 amide bonds. The maximum absolute atomic E-state index is 10.4. The highest BCUT2D eigenvalue weighted by Crippen LogP contribution is 2.17. The molecule has 1 aliphatic carbocycles. The van der Waals surface area contributed by atoms with Crippen molar-refractivity contribution in [1.29, 1.82) is 0 Å². The van der Waals surface area contributed by atoms with E-state index in [0.717, 1.165) is 12.0 Å². The van der Waals surface area contributed by atoms with Gasteiger partial charge in [-0.3, -0.25) is 4.21 Å². The molecule has 1 rings (SSSR count). The fraction of sp³-hybridized carbons (Fsp3) is 0.429. The third kappa shape index (κ3) is 1.55. The van der Waals surface area contributed by atoms with Crippen molar-refractivity contribution in [2.24, 2.45) is 0 Å². The summed E-state index contributed by atoms with van der Waals surface area (Å²) in [5.41, 5.74) is 0.980. The van der Waals surface area contributed by atoms with Crippen LogP contribution in [-0.4, -0.2) is 14.0 Å². The summed E-state index contributed by atoms with van der Waals surface area (Å²) in [7, 11) is 0. The molecule has 2 unspecified atom stereocenters. The highest BCUT2D eigenvalue weighted by Gasteiger charge is 2.08. The molecule has 2 nitrogen and oxygen atoms in total. The minimum absolute atomic E-state index is 0.324. The van der Waals surface area contributed by atoms with Crippen molar-refractivity contribution in [3.8, 4) is 0 Å². The van der Waals surface area contributed by atoms with Crippen LogP contribution in [0.15, 0.2) is 23.8 Å². The summed E-state index contributed by atoms with van der Waals surface area (Å²) in [6, 6.07) is 0. The Hall–Kier alpha value is -0.410. The van der Waals surface area contributed by atoms with Crippen LogP contribution in [0.2, 0.25) is 0 Å². The van der Waals surface area contributed by atoms with Gasteiger partial charge in [-0.1, -0.05) is 23.8 Å².